The van der Waals surface area contributed by atoms with Crippen molar-refractivity contribution in [3.05, 3.63) is 163 Å². The summed E-state index contributed by atoms with van der Waals surface area (Å²) in [7, 11) is 0. The first-order valence-corrected chi connectivity index (χ1v) is 15.2. The molecule has 0 aliphatic rings. The number of aromatic nitrogens is 3. The maximum Gasteiger partial charge on any atom is 0.164 e. The second kappa shape index (κ2) is 11.0. The molecular formula is C45H27N3O. The van der Waals surface area contributed by atoms with Gasteiger partial charge in [-0.05, 0) is 67.7 Å². The summed E-state index contributed by atoms with van der Waals surface area (Å²) in [4.78, 5) is 14.0. The predicted octanol–water partition coefficient (Wildman–Crippen LogP) is 11.9. The van der Waals surface area contributed by atoms with Gasteiger partial charge >= 0.3 is 0 Å². The maximum atomic E-state index is 9.60. The van der Waals surface area contributed by atoms with Gasteiger partial charge in [0.2, 0.25) is 0 Å². The predicted molar refractivity (Wildman–Crippen MR) is 201 cm³/mol. The first kappa shape index (κ1) is 16.4. The summed E-state index contributed by atoms with van der Waals surface area (Å²) in [6, 6.07) is 11.2. The van der Waals surface area contributed by atoms with Gasteiger partial charge in [-0.3, -0.25) is 0 Å². The standard InChI is InChI=1S/C45H27N3O/c1-2-10-29(11-3-1)43-46-44(48-45(47-43)32-23-25-39-38-16-8-9-17-41(38)49-42(39)27-32)30-20-18-28(19-21-30)31-22-24-37-35-14-5-4-12-33(35)34-13-6-7-15-36(34)40(37)26-31/h1-27H/i4D,5D,6D,7D,12D,13D,14D,15D,18D,19D,20D,21D,22D,24D,26D. The molecule has 0 saturated carbocycles. The van der Waals surface area contributed by atoms with Gasteiger partial charge in [0.25, 0.3) is 0 Å². The summed E-state index contributed by atoms with van der Waals surface area (Å²) in [5.41, 5.74) is 0.803. The molecule has 0 fully saturated rings. The lowest BCUT2D eigenvalue weighted by atomic mass is 9.92. The van der Waals surface area contributed by atoms with Gasteiger partial charge in [0.05, 0.1) is 20.6 Å². The molecule has 10 rings (SSSR count). The van der Waals surface area contributed by atoms with E-state index < -0.39 is 107 Å². The molecule has 4 nitrogen and oxygen atoms in total. The topological polar surface area (TPSA) is 51.8 Å². The summed E-state index contributed by atoms with van der Waals surface area (Å²) in [6.45, 7) is 0. The molecule has 0 spiro atoms. The third-order valence-corrected chi connectivity index (χ3v) is 8.34. The number of fused-ring (bicyclic) bond motifs is 9. The Hall–Kier alpha value is -6.65. The smallest absolute Gasteiger partial charge is 0.164 e. The van der Waals surface area contributed by atoms with Crippen LogP contribution in [0.5, 0.6) is 0 Å². The number of rotatable bonds is 4. The van der Waals surface area contributed by atoms with E-state index in [-0.39, 0.29) is 50.0 Å². The van der Waals surface area contributed by atoms with E-state index in [0.717, 1.165) is 10.8 Å². The molecule has 0 atom stereocenters. The van der Waals surface area contributed by atoms with Crippen molar-refractivity contribution in [3.8, 4) is 45.3 Å². The number of benzene rings is 8. The summed E-state index contributed by atoms with van der Waals surface area (Å²) in [6.07, 6.45) is 0. The van der Waals surface area contributed by atoms with E-state index in [4.69, 9.17) is 20.4 Å². The Kier molecular flexibility index (Phi) is 3.68. The van der Waals surface area contributed by atoms with Crippen molar-refractivity contribution >= 4 is 54.3 Å². The van der Waals surface area contributed by atoms with Crippen LogP contribution in [0.1, 0.15) is 20.6 Å². The Balaban J connectivity index is 1.26. The number of para-hydroxylation sites is 1. The maximum absolute atomic E-state index is 9.60. The normalized spacial score (nSPS) is 16.0. The third-order valence-electron chi connectivity index (χ3n) is 8.34. The molecule has 0 amide bonds. The molecule has 228 valence electrons. The quantitative estimate of drug-likeness (QED) is 0.180. The highest BCUT2D eigenvalue weighted by Gasteiger charge is 2.15. The van der Waals surface area contributed by atoms with Crippen LogP contribution in [0.3, 0.4) is 0 Å². The largest absolute Gasteiger partial charge is 0.456 e. The monoisotopic (exact) mass is 640 g/mol. The molecule has 8 aromatic carbocycles. The van der Waals surface area contributed by atoms with Crippen LogP contribution in [0.2, 0.25) is 0 Å². The van der Waals surface area contributed by atoms with E-state index in [1.807, 2.05) is 30.3 Å². The highest BCUT2D eigenvalue weighted by Crippen LogP contribution is 2.38. The Bertz CT molecular complexity index is 3670. The van der Waals surface area contributed by atoms with Gasteiger partial charge < -0.3 is 4.42 Å². The van der Waals surface area contributed by atoms with Gasteiger partial charge in [-0.1, -0.05) is 139 Å². The van der Waals surface area contributed by atoms with Crippen molar-refractivity contribution in [1.29, 1.82) is 0 Å². The molecule has 0 unspecified atom stereocenters. The van der Waals surface area contributed by atoms with Crippen LogP contribution in [0, 0.1) is 0 Å². The highest BCUT2D eigenvalue weighted by molar-refractivity contribution is 6.25. The molecule has 2 heterocycles. The number of nitrogens with zero attached hydrogens (tertiary/aromatic N) is 3. The molecule has 49 heavy (non-hydrogen) atoms. The number of furan rings is 1. The van der Waals surface area contributed by atoms with Crippen molar-refractivity contribution in [1.82, 2.24) is 15.0 Å². The minimum absolute atomic E-state index is 0.129. The first-order valence-electron chi connectivity index (χ1n) is 22.7. The Morgan fingerprint density at radius 2 is 0.898 bits per heavy atom. The Morgan fingerprint density at radius 1 is 0.367 bits per heavy atom. The average molecular weight is 641 g/mol. The van der Waals surface area contributed by atoms with Crippen LogP contribution in [0.15, 0.2) is 168 Å². The van der Waals surface area contributed by atoms with Crippen molar-refractivity contribution in [3.63, 3.8) is 0 Å². The number of hydrogen-bond donors (Lipinski definition) is 0. The molecule has 4 heteroatoms. The first-order chi connectivity index (χ1) is 30.5. The summed E-state index contributed by atoms with van der Waals surface area (Å²) < 4.78 is 141. The lowest BCUT2D eigenvalue weighted by molar-refractivity contribution is 0.669. The van der Waals surface area contributed by atoms with Crippen LogP contribution in [0.25, 0.3) is 99.5 Å². The second-order valence-corrected chi connectivity index (χ2v) is 11.2. The fraction of sp³-hybridized carbons (Fsp3) is 0. The molecule has 0 bridgehead atoms. The van der Waals surface area contributed by atoms with Gasteiger partial charge in [-0.25, -0.2) is 15.0 Å². The van der Waals surface area contributed by atoms with E-state index in [1.165, 1.54) is 0 Å². The molecule has 0 aliphatic carbocycles. The van der Waals surface area contributed by atoms with Gasteiger partial charge in [-0.15, -0.1) is 0 Å². The van der Waals surface area contributed by atoms with E-state index in [0.29, 0.717) is 22.3 Å². The van der Waals surface area contributed by atoms with Crippen molar-refractivity contribution in [2.24, 2.45) is 0 Å². The molecule has 2 aromatic heterocycles. The van der Waals surface area contributed by atoms with E-state index in [9.17, 15) is 9.60 Å². The van der Waals surface area contributed by atoms with Crippen LogP contribution in [-0.2, 0) is 0 Å². The van der Waals surface area contributed by atoms with Gasteiger partial charge in [0.1, 0.15) is 11.2 Å². The van der Waals surface area contributed by atoms with Crippen LogP contribution < -0.4 is 0 Å². The van der Waals surface area contributed by atoms with Gasteiger partial charge in [-0.2, -0.15) is 0 Å². The zero-order valence-electron chi connectivity index (χ0n) is 40.2. The second-order valence-electron chi connectivity index (χ2n) is 11.2. The molecule has 0 saturated heterocycles. The minimum atomic E-state index is -0.783. The van der Waals surface area contributed by atoms with Gasteiger partial charge in [0, 0.05) is 27.5 Å². The molecular weight excluding hydrogens is 599 g/mol. The summed E-state index contributed by atoms with van der Waals surface area (Å²) in [5, 5.41) is -0.439. The van der Waals surface area contributed by atoms with E-state index in [1.54, 1.807) is 42.5 Å². The fourth-order valence-corrected chi connectivity index (χ4v) is 6.03. The van der Waals surface area contributed by atoms with Crippen molar-refractivity contribution in [2.75, 3.05) is 0 Å². The zero-order chi connectivity index (χ0) is 45.4. The highest BCUT2D eigenvalue weighted by atomic mass is 16.3. The molecule has 10 aromatic rings. The average Bonchev–Trinajstić information content (AvgIpc) is 3.68. The molecule has 0 N–H and O–H groups in total. The molecule has 0 radical (unpaired) electrons. The Morgan fingerprint density at radius 3 is 1.61 bits per heavy atom. The third kappa shape index (κ3) is 4.57. The van der Waals surface area contributed by atoms with Crippen LogP contribution >= 0.6 is 0 Å². The van der Waals surface area contributed by atoms with Crippen molar-refractivity contribution < 1.29 is 25.0 Å². The van der Waals surface area contributed by atoms with Crippen LogP contribution in [0.4, 0.5) is 0 Å². The lowest BCUT2D eigenvalue weighted by Gasteiger charge is -2.12. The van der Waals surface area contributed by atoms with Gasteiger partial charge in [0.15, 0.2) is 17.5 Å². The SMILES string of the molecule is [2H]c1c([2H])c(-c2c([2H])c([2H])c3c4c([2H])c([2H])c([2H])c([2H])c4c4c([2H])c([2H])c([2H])c([2H])c4c3c2[2H])c([2H])c([2H])c1-c1nc(-c2ccccc2)nc(-c2ccc3c(c2)oc2ccccc23)n1. The van der Waals surface area contributed by atoms with E-state index >= 15 is 0 Å². The zero-order valence-corrected chi connectivity index (χ0v) is 25.2. The van der Waals surface area contributed by atoms with Crippen molar-refractivity contribution in [2.45, 2.75) is 0 Å². The minimum Gasteiger partial charge on any atom is -0.456 e. The summed E-state index contributed by atoms with van der Waals surface area (Å²) >= 11 is 0. The van der Waals surface area contributed by atoms with Crippen LogP contribution in [-0.4, -0.2) is 15.0 Å². The van der Waals surface area contributed by atoms with E-state index in [2.05, 4.69) is 9.97 Å². The fourth-order valence-electron chi connectivity index (χ4n) is 6.03. The lowest BCUT2D eigenvalue weighted by Crippen LogP contribution is -2.00. The molecule has 0 aliphatic heterocycles. The number of hydrogen-bond acceptors (Lipinski definition) is 4. The summed E-state index contributed by atoms with van der Waals surface area (Å²) in [5.74, 6) is 0.0591. The Labute approximate surface area is 303 Å².